The molecule has 0 saturated carbocycles. The molecule has 1 aliphatic heterocycles. The molecule has 0 spiro atoms. The highest BCUT2D eigenvalue weighted by Crippen LogP contribution is 2.30. The smallest absolute Gasteiger partial charge is 0.269 e. The summed E-state index contributed by atoms with van der Waals surface area (Å²) in [6.07, 6.45) is 0. The number of nitro groups is 1. The Kier molecular flexibility index (Phi) is 7.16. The van der Waals surface area contributed by atoms with Gasteiger partial charge in [0.25, 0.3) is 11.2 Å². The number of tetrazole rings is 1. The van der Waals surface area contributed by atoms with E-state index in [1.807, 2.05) is 19.1 Å². The molecule has 5 rings (SSSR count). The summed E-state index contributed by atoms with van der Waals surface area (Å²) in [5, 5.41) is 24.4. The van der Waals surface area contributed by atoms with Gasteiger partial charge in [0.15, 0.2) is 5.82 Å². The number of H-pyrrole nitrogens is 1. The lowest BCUT2D eigenvalue weighted by atomic mass is 10.00. The third kappa shape index (κ3) is 5.00. The number of benzene rings is 2. The van der Waals surface area contributed by atoms with Gasteiger partial charge >= 0.3 is 0 Å². The van der Waals surface area contributed by atoms with Gasteiger partial charge in [0.1, 0.15) is 6.04 Å². The van der Waals surface area contributed by atoms with Crippen LogP contribution in [0, 0.1) is 24.0 Å². The number of hydrogen-bond donors (Lipinski definition) is 1. The molecular formula is C26H30N8O4. The van der Waals surface area contributed by atoms with Crippen LogP contribution in [0.2, 0.25) is 0 Å². The van der Waals surface area contributed by atoms with Crippen molar-refractivity contribution in [3.8, 4) is 0 Å². The van der Waals surface area contributed by atoms with Gasteiger partial charge in [-0.1, -0.05) is 0 Å². The number of ether oxygens (including phenoxy) is 1. The van der Waals surface area contributed by atoms with Gasteiger partial charge < -0.3 is 14.6 Å². The summed E-state index contributed by atoms with van der Waals surface area (Å²) >= 11 is 0. The Balaban J connectivity index is 1.49. The second kappa shape index (κ2) is 10.7. The van der Waals surface area contributed by atoms with Gasteiger partial charge in [0.05, 0.1) is 18.1 Å². The van der Waals surface area contributed by atoms with E-state index in [1.54, 1.807) is 23.9 Å². The number of rotatable bonds is 8. The molecule has 3 heterocycles. The van der Waals surface area contributed by atoms with E-state index < -0.39 is 11.0 Å². The van der Waals surface area contributed by atoms with Gasteiger partial charge in [-0.3, -0.25) is 19.8 Å². The molecule has 198 valence electrons. The number of nitrogens with one attached hydrogen (secondary N) is 1. The van der Waals surface area contributed by atoms with Crippen LogP contribution in [0.5, 0.6) is 0 Å². The number of non-ortho nitro benzene ring substituents is 1. The molecule has 1 atom stereocenters. The Hall–Kier alpha value is -4.16. The Morgan fingerprint density at radius 1 is 1.08 bits per heavy atom. The minimum atomic E-state index is -0.462. The molecule has 2 aromatic heterocycles. The zero-order valence-electron chi connectivity index (χ0n) is 21.6. The predicted octanol–water partition coefficient (Wildman–Crippen LogP) is 2.60. The van der Waals surface area contributed by atoms with Crippen molar-refractivity contribution in [1.82, 2.24) is 30.1 Å². The minimum absolute atomic E-state index is 0.0660. The standard InChI is InChI=1S/C26H30N8O4/c1-17-14-19-16-22(26(35)27-23(19)15-18(17)2)24(25-28-29-30-33(25)12-13-38-3)32-10-8-31(9-11-32)20-4-6-21(7-5-20)34(36)37/h4-7,14-16,24H,8-13H2,1-3H3,(H,27,35)/t24-/m1/s1. The largest absolute Gasteiger partial charge is 0.383 e. The number of methoxy groups -OCH3 is 1. The Morgan fingerprint density at radius 3 is 2.47 bits per heavy atom. The SMILES string of the molecule is COCCn1nnnc1[C@@H](c1cc2cc(C)c(C)cc2[nH]c1=O)N1CCN(c2ccc([N+](=O)[O-])cc2)CC1. The third-order valence-electron chi connectivity index (χ3n) is 7.20. The van der Waals surface area contributed by atoms with Crippen LogP contribution in [0.3, 0.4) is 0 Å². The molecule has 1 N–H and O–H groups in total. The lowest BCUT2D eigenvalue weighted by Crippen LogP contribution is -2.49. The summed E-state index contributed by atoms with van der Waals surface area (Å²) in [6, 6.07) is 12.2. The van der Waals surface area contributed by atoms with Crippen LogP contribution in [-0.4, -0.2) is 74.9 Å². The average molecular weight is 519 g/mol. The first kappa shape index (κ1) is 25.5. The number of hydrogen-bond acceptors (Lipinski definition) is 9. The fourth-order valence-corrected chi connectivity index (χ4v) is 4.96. The zero-order valence-corrected chi connectivity index (χ0v) is 21.6. The third-order valence-corrected chi connectivity index (χ3v) is 7.20. The number of aryl methyl sites for hydroxylation is 2. The number of anilines is 1. The molecular weight excluding hydrogens is 488 g/mol. The number of pyridine rings is 1. The van der Waals surface area contributed by atoms with E-state index in [4.69, 9.17) is 4.74 Å². The maximum atomic E-state index is 13.5. The highest BCUT2D eigenvalue weighted by molar-refractivity contribution is 5.81. The normalized spacial score (nSPS) is 15.2. The van der Waals surface area contributed by atoms with E-state index in [-0.39, 0.29) is 11.2 Å². The van der Waals surface area contributed by atoms with Crippen molar-refractivity contribution in [1.29, 1.82) is 0 Å². The number of nitrogens with zero attached hydrogens (tertiary/aromatic N) is 7. The molecule has 0 bridgehead atoms. The topological polar surface area (TPSA) is 135 Å². The summed E-state index contributed by atoms with van der Waals surface area (Å²) in [5.74, 6) is 0.583. The van der Waals surface area contributed by atoms with E-state index in [0.29, 0.717) is 50.7 Å². The first-order valence-electron chi connectivity index (χ1n) is 12.5. The van der Waals surface area contributed by atoms with Gasteiger partial charge in [-0.15, -0.1) is 5.10 Å². The molecule has 0 unspecified atom stereocenters. The van der Waals surface area contributed by atoms with E-state index in [9.17, 15) is 14.9 Å². The predicted molar refractivity (Wildman–Crippen MR) is 142 cm³/mol. The van der Waals surface area contributed by atoms with Crippen LogP contribution in [-0.2, 0) is 11.3 Å². The number of aromatic amines is 1. The number of nitro benzene ring substituents is 1. The fraction of sp³-hybridized carbons (Fsp3) is 0.385. The molecule has 12 nitrogen and oxygen atoms in total. The van der Waals surface area contributed by atoms with Crippen LogP contribution in [0.1, 0.15) is 28.6 Å². The molecule has 1 aliphatic rings. The highest BCUT2D eigenvalue weighted by Gasteiger charge is 2.33. The Labute approximate surface area is 219 Å². The fourth-order valence-electron chi connectivity index (χ4n) is 4.96. The monoisotopic (exact) mass is 518 g/mol. The first-order valence-corrected chi connectivity index (χ1v) is 12.5. The van der Waals surface area contributed by atoms with Crippen molar-refractivity contribution >= 4 is 22.3 Å². The number of fused-ring (bicyclic) bond motifs is 1. The lowest BCUT2D eigenvalue weighted by molar-refractivity contribution is -0.384. The molecule has 38 heavy (non-hydrogen) atoms. The summed E-state index contributed by atoms with van der Waals surface area (Å²) in [6.45, 7) is 7.62. The summed E-state index contributed by atoms with van der Waals surface area (Å²) < 4.78 is 6.94. The van der Waals surface area contributed by atoms with Crippen molar-refractivity contribution < 1.29 is 9.66 Å². The minimum Gasteiger partial charge on any atom is -0.383 e. The van der Waals surface area contributed by atoms with Gasteiger partial charge in [-0.25, -0.2) is 4.68 Å². The van der Waals surface area contributed by atoms with Crippen molar-refractivity contribution in [3.05, 3.63) is 85.4 Å². The quantitative estimate of drug-likeness (QED) is 0.276. The van der Waals surface area contributed by atoms with Crippen molar-refractivity contribution in [3.63, 3.8) is 0 Å². The average Bonchev–Trinajstić information content (AvgIpc) is 3.37. The summed E-state index contributed by atoms with van der Waals surface area (Å²) in [5.41, 5.74) is 4.45. The zero-order chi connectivity index (χ0) is 26.8. The molecule has 0 aliphatic carbocycles. The molecule has 1 fully saturated rings. The molecule has 0 amide bonds. The molecule has 2 aromatic carbocycles. The second-order valence-corrected chi connectivity index (χ2v) is 9.53. The Bertz CT molecular complexity index is 1510. The summed E-state index contributed by atoms with van der Waals surface area (Å²) in [4.78, 5) is 31.5. The van der Waals surface area contributed by atoms with Crippen molar-refractivity contribution in [2.75, 3.05) is 44.8 Å². The van der Waals surface area contributed by atoms with Crippen LogP contribution >= 0.6 is 0 Å². The van der Waals surface area contributed by atoms with Crippen LogP contribution < -0.4 is 10.5 Å². The van der Waals surface area contributed by atoms with Gasteiger partial charge in [0.2, 0.25) is 0 Å². The number of aromatic nitrogens is 5. The van der Waals surface area contributed by atoms with E-state index in [2.05, 4.69) is 43.3 Å². The van der Waals surface area contributed by atoms with Gasteiger partial charge in [0, 0.05) is 62.2 Å². The van der Waals surface area contributed by atoms with E-state index >= 15 is 0 Å². The first-order chi connectivity index (χ1) is 18.4. The van der Waals surface area contributed by atoms with Crippen LogP contribution in [0.15, 0.2) is 47.3 Å². The highest BCUT2D eigenvalue weighted by atomic mass is 16.6. The lowest BCUT2D eigenvalue weighted by Gasteiger charge is -2.39. The number of piperazine rings is 1. The van der Waals surface area contributed by atoms with Crippen molar-refractivity contribution in [2.45, 2.75) is 26.4 Å². The van der Waals surface area contributed by atoms with E-state index in [0.717, 1.165) is 27.7 Å². The van der Waals surface area contributed by atoms with Crippen LogP contribution in [0.4, 0.5) is 11.4 Å². The van der Waals surface area contributed by atoms with Gasteiger partial charge in [-0.05, 0) is 71.1 Å². The second-order valence-electron chi connectivity index (χ2n) is 9.53. The van der Waals surface area contributed by atoms with Gasteiger partial charge in [-0.2, -0.15) is 0 Å². The summed E-state index contributed by atoms with van der Waals surface area (Å²) in [7, 11) is 1.62. The molecule has 12 heteroatoms. The Morgan fingerprint density at radius 2 is 1.79 bits per heavy atom. The molecule has 0 radical (unpaired) electrons. The maximum Gasteiger partial charge on any atom is 0.269 e. The molecule has 4 aromatic rings. The van der Waals surface area contributed by atoms with E-state index in [1.165, 1.54) is 12.1 Å². The molecule has 1 saturated heterocycles. The maximum absolute atomic E-state index is 13.5. The van der Waals surface area contributed by atoms with Crippen molar-refractivity contribution in [2.24, 2.45) is 0 Å². The van der Waals surface area contributed by atoms with Crippen LogP contribution in [0.25, 0.3) is 10.9 Å².